The first-order valence-corrected chi connectivity index (χ1v) is 6.54. The fraction of sp³-hybridized carbons (Fsp3) is 0.125. The molecule has 0 saturated heterocycles. The lowest BCUT2D eigenvalue weighted by Gasteiger charge is -2.11. The molecule has 23 heavy (non-hydrogen) atoms. The van der Waals surface area contributed by atoms with Crippen LogP contribution in [0.1, 0.15) is 10.4 Å². The molecular weight excluding hydrogens is 308 g/mol. The van der Waals surface area contributed by atoms with Crippen molar-refractivity contribution in [1.29, 1.82) is 0 Å². The predicted octanol–water partition coefficient (Wildman–Crippen LogP) is 2.80. The summed E-state index contributed by atoms with van der Waals surface area (Å²) in [6.07, 6.45) is 0.655. The number of carbonyl (C=O) groups excluding carboxylic acids is 2. The number of benzene rings is 2. The van der Waals surface area contributed by atoms with Crippen molar-refractivity contribution < 1.29 is 27.8 Å². The van der Waals surface area contributed by atoms with Crippen molar-refractivity contribution in [2.45, 2.75) is 0 Å². The van der Waals surface area contributed by atoms with Crippen molar-refractivity contribution in [2.75, 3.05) is 19.0 Å². The van der Waals surface area contributed by atoms with Crippen LogP contribution in [0.25, 0.3) is 0 Å². The van der Waals surface area contributed by atoms with Crippen LogP contribution in [-0.2, 0) is 4.79 Å². The zero-order valence-electron chi connectivity index (χ0n) is 12.1. The number of aldehydes is 1. The summed E-state index contributed by atoms with van der Waals surface area (Å²) in [5.41, 5.74) is 0.515. The lowest BCUT2D eigenvalue weighted by molar-refractivity contribution is -0.118. The van der Waals surface area contributed by atoms with Crippen LogP contribution in [0.4, 0.5) is 14.5 Å². The first-order chi connectivity index (χ1) is 11.0. The van der Waals surface area contributed by atoms with Crippen LogP contribution in [0.3, 0.4) is 0 Å². The predicted molar refractivity (Wildman–Crippen MR) is 78.9 cm³/mol. The molecule has 0 radical (unpaired) electrons. The molecule has 0 fully saturated rings. The van der Waals surface area contributed by atoms with E-state index in [0.29, 0.717) is 17.6 Å². The maximum absolute atomic E-state index is 13.0. The van der Waals surface area contributed by atoms with Gasteiger partial charge in [0.25, 0.3) is 5.91 Å². The van der Waals surface area contributed by atoms with Crippen LogP contribution in [-0.4, -0.2) is 25.9 Å². The number of methoxy groups -OCH3 is 1. The van der Waals surface area contributed by atoms with Crippen molar-refractivity contribution in [3.05, 3.63) is 53.6 Å². The average Bonchev–Trinajstić information content (AvgIpc) is 2.56. The minimum absolute atomic E-state index is 0.112. The van der Waals surface area contributed by atoms with E-state index in [0.717, 1.165) is 12.1 Å². The fourth-order valence-corrected chi connectivity index (χ4v) is 1.79. The van der Waals surface area contributed by atoms with Gasteiger partial charge in [0.05, 0.1) is 7.11 Å². The van der Waals surface area contributed by atoms with E-state index in [9.17, 15) is 18.4 Å². The summed E-state index contributed by atoms with van der Waals surface area (Å²) >= 11 is 0. The Bertz CT molecular complexity index is 734. The zero-order chi connectivity index (χ0) is 16.8. The van der Waals surface area contributed by atoms with Gasteiger partial charge in [-0.25, -0.2) is 8.78 Å². The monoisotopic (exact) mass is 321 g/mol. The zero-order valence-corrected chi connectivity index (χ0v) is 12.1. The van der Waals surface area contributed by atoms with Gasteiger partial charge in [-0.05, 0) is 30.3 Å². The van der Waals surface area contributed by atoms with E-state index in [2.05, 4.69) is 5.32 Å². The molecule has 0 saturated carbocycles. The topological polar surface area (TPSA) is 64.6 Å². The molecule has 5 nitrogen and oxygen atoms in total. The number of halogens is 2. The number of anilines is 1. The van der Waals surface area contributed by atoms with Crippen LogP contribution in [0, 0.1) is 11.6 Å². The highest BCUT2D eigenvalue weighted by molar-refractivity contribution is 5.91. The minimum Gasteiger partial charge on any atom is -0.493 e. The summed E-state index contributed by atoms with van der Waals surface area (Å²) in [6.45, 7) is -0.365. The highest BCUT2D eigenvalue weighted by Crippen LogP contribution is 2.27. The summed E-state index contributed by atoms with van der Waals surface area (Å²) in [7, 11) is 1.40. The third-order valence-electron chi connectivity index (χ3n) is 2.89. The molecule has 2 aromatic carbocycles. The maximum Gasteiger partial charge on any atom is 0.262 e. The average molecular weight is 321 g/mol. The number of rotatable bonds is 6. The van der Waals surface area contributed by atoms with Gasteiger partial charge in [-0.1, -0.05) is 0 Å². The van der Waals surface area contributed by atoms with Gasteiger partial charge in [0, 0.05) is 17.3 Å². The Morgan fingerprint density at radius 2 is 1.91 bits per heavy atom. The lowest BCUT2D eigenvalue weighted by atomic mass is 10.2. The molecular formula is C16H13F2NO4. The summed E-state index contributed by atoms with van der Waals surface area (Å²) in [5, 5.41) is 2.37. The van der Waals surface area contributed by atoms with E-state index in [-0.39, 0.29) is 18.0 Å². The Hall–Kier alpha value is -2.96. The van der Waals surface area contributed by atoms with Gasteiger partial charge >= 0.3 is 0 Å². The van der Waals surface area contributed by atoms with Crippen LogP contribution in [0.5, 0.6) is 11.5 Å². The number of carbonyl (C=O) groups is 2. The highest BCUT2D eigenvalue weighted by atomic mass is 19.2. The smallest absolute Gasteiger partial charge is 0.262 e. The van der Waals surface area contributed by atoms with Crippen molar-refractivity contribution >= 4 is 17.9 Å². The molecule has 1 N–H and O–H groups in total. The molecule has 0 aliphatic rings. The van der Waals surface area contributed by atoms with Gasteiger partial charge in [-0.15, -0.1) is 0 Å². The fourth-order valence-electron chi connectivity index (χ4n) is 1.79. The number of hydrogen-bond acceptors (Lipinski definition) is 4. The van der Waals surface area contributed by atoms with Gasteiger partial charge < -0.3 is 14.8 Å². The second kappa shape index (κ2) is 7.35. The molecule has 0 spiro atoms. The van der Waals surface area contributed by atoms with Crippen molar-refractivity contribution in [2.24, 2.45) is 0 Å². The third kappa shape index (κ3) is 4.26. The van der Waals surface area contributed by atoms with Crippen LogP contribution in [0.2, 0.25) is 0 Å². The van der Waals surface area contributed by atoms with Gasteiger partial charge in [0.15, 0.2) is 29.7 Å². The third-order valence-corrected chi connectivity index (χ3v) is 2.89. The van der Waals surface area contributed by atoms with E-state index >= 15 is 0 Å². The van der Waals surface area contributed by atoms with E-state index in [1.54, 1.807) is 0 Å². The Labute approximate surface area is 130 Å². The summed E-state index contributed by atoms with van der Waals surface area (Å²) in [5.74, 6) is -2.04. The molecule has 7 heteroatoms. The number of nitrogens with one attached hydrogen (secondary N) is 1. The van der Waals surface area contributed by atoms with Crippen molar-refractivity contribution in [1.82, 2.24) is 0 Å². The molecule has 1 amide bonds. The molecule has 0 aromatic heterocycles. The second-order valence-corrected chi connectivity index (χ2v) is 4.49. The van der Waals surface area contributed by atoms with Crippen LogP contribution < -0.4 is 14.8 Å². The minimum atomic E-state index is -1.06. The van der Waals surface area contributed by atoms with Crippen molar-refractivity contribution in [3.8, 4) is 11.5 Å². The first-order valence-electron chi connectivity index (χ1n) is 6.54. The largest absolute Gasteiger partial charge is 0.493 e. The summed E-state index contributed by atoms with van der Waals surface area (Å²) < 4.78 is 36.2. The normalized spacial score (nSPS) is 10.0. The highest BCUT2D eigenvalue weighted by Gasteiger charge is 2.10. The van der Waals surface area contributed by atoms with Gasteiger partial charge in [-0.2, -0.15) is 0 Å². The van der Waals surface area contributed by atoms with Crippen molar-refractivity contribution in [3.63, 3.8) is 0 Å². The molecule has 0 aliphatic heterocycles. The lowest BCUT2D eigenvalue weighted by Crippen LogP contribution is -2.20. The Morgan fingerprint density at radius 3 is 2.57 bits per heavy atom. The molecule has 0 aliphatic carbocycles. The molecule has 0 atom stereocenters. The Kier molecular flexibility index (Phi) is 5.24. The molecule has 0 unspecified atom stereocenters. The van der Waals surface area contributed by atoms with E-state index in [1.807, 2.05) is 0 Å². The standard InChI is InChI=1S/C16H13F2NO4/c1-22-15-6-10(8-20)2-5-14(15)23-9-16(21)19-11-3-4-12(17)13(18)7-11/h2-8H,9H2,1H3,(H,19,21). The molecule has 120 valence electrons. The molecule has 2 aromatic rings. The second-order valence-electron chi connectivity index (χ2n) is 4.49. The molecule has 0 bridgehead atoms. The SMILES string of the molecule is COc1cc(C=O)ccc1OCC(=O)Nc1ccc(F)c(F)c1. The first kappa shape index (κ1) is 16.4. The molecule has 0 heterocycles. The summed E-state index contributed by atoms with van der Waals surface area (Å²) in [4.78, 5) is 22.4. The Morgan fingerprint density at radius 1 is 1.13 bits per heavy atom. The number of hydrogen-bond donors (Lipinski definition) is 1. The Balaban J connectivity index is 1.98. The maximum atomic E-state index is 13.0. The van der Waals surface area contributed by atoms with E-state index in [1.165, 1.54) is 31.4 Å². The van der Waals surface area contributed by atoms with Gasteiger partial charge in [0.1, 0.15) is 6.29 Å². The quantitative estimate of drug-likeness (QED) is 0.831. The van der Waals surface area contributed by atoms with Gasteiger partial charge in [0.2, 0.25) is 0 Å². The van der Waals surface area contributed by atoms with Gasteiger partial charge in [-0.3, -0.25) is 9.59 Å². The molecule has 2 rings (SSSR count). The van der Waals surface area contributed by atoms with Crippen LogP contribution in [0.15, 0.2) is 36.4 Å². The summed E-state index contributed by atoms with van der Waals surface area (Å²) in [6, 6.07) is 7.48. The van der Waals surface area contributed by atoms with E-state index in [4.69, 9.17) is 9.47 Å². The van der Waals surface area contributed by atoms with Crippen LogP contribution >= 0.6 is 0 Å². The van der Waals surface area contributed by atoms with E-state index < -0.39 is 17.5 Å². The number of amides is 1. The number of ether oxygens (including phenoxy) is 2.